The van der Waals surface area contributed by atoms with Crippen LogP contribution in [0.25, 0.3) is 5.78 Å². The van der Waals surface area contributed by atoms with Gasteiger partial charge in [-0.2, -0.15) is 4.98 Å². The molecule has 0 aliphatic carbocycles. The monoisotopic (exact) mass is 397 g/mol. The Morgan fingerprint density at radius 2 is 1.97 bits per heavy atom. The number of hydrogen-bond acceptors (Lipinski definition) is 7. The van der Waals surface area contributed by atoms with E-state index >= 15 is 0 Å². The summed E-state index contributed by atoms with van der Waals surface area (Å²) in [5.74, 6) is 0.394. The van der Waals surface area contributed by atoms with Gasteiger partial charge in [-0.05, 0) is 32.9 Å². The van der Waals surface area contributed by atoms with E-state index in [2.05, 4.69) is 20.4 Å². The second-order valence-corrected chi connectivity index (χ2v) is 6.65. The van der Waals surface area contributed by atoms with Crippen LogP contribution in [0.4, 0.5) is 0 Å². The summed E-state index contributed by atoms with van der Waals surface area (Å²) >= 11 is 0. The van der Waals surface area contributed by atoms with Crippen LogP contribution in [0.15, 0.2) is 30.3 Å². The fourth-order valence-electron chi connectivity index (χ4n) is 2.99. The summed E-state index contributed by atoms with van der Waals surface area (Å²) in [6, 6.07) is 8.97. The van der Waals surface area contributed by atoms with Crippen LogP contribution in [0.2, 0.25) is 0 Å². The van der Waals surface area contributed by atoms with E-state index < -0.39 is 11.9 Å². The minimum absolute atomic E-state index is 0.142. The molecule has 3 rings (SSSR count). The quantitative estimate of drug-likeness (QED) is 0.605. The van der Waals surface area contributed by atoms with Crippen LogP contribution in [0.1, 0.15) is 35.7 Å². The zero-order valence-corrected chi connectivity index (χ0v) is 16.8. The highest BCUT2D eigenvalue weighted by Crippen LogP contribution is 2.24. The minimum Gasteiger partial charge on any atom is -0.496 e. The lowest BCUT2D eigenvalue weighted by Crippen LogP contribution is -2.31. The molecule has 0 spiro atoms. The Morgan fingerprint density at radius 3 is 2.72 bits per heavy atom. The van der Waals surface area contributed by atoms with Crippen molar-refractivity contribution in [1.29, 1.82) is 0 Å². The number of esters is 1. The standard InChI is InChI=1S/C20H23N5O4/c1-12-9-13(2)25-20(21-12)23-17(24-25)10-19(27)29-11-18(26)22-14(3)15-7-5-6-8-16(15)28-4/h5-9,14H,10-11H2,1-4H3,(H,22,26). The number of nitrogens with zero attached hydrogens (tertiary/aromatic N) is 4. The van der Waals surface area contributed by atoms with Gasteiger partial charge in [0.2, 0.25) is 0 Å². The molecule has 9 nitrogen and oxygen atoms in total. The average Bonchev–Trinajstić information content (AvgIpc) is 3.08. The number of carbonyl (C=O) groups is 2. The minimum atomic E-state index is -0.588. The van der Waals surface area contributed by atoms with Gasteiger partial charge in [0, 0.05) is 17.0 Å². The Morgan fingerprint density at radius 1 is 1.21 bits per heavy atom. The molecule has 0 fully saturated rings. The Hall–Kier alpha value is -3.49. The second kappa shape index (κ2) is 8.68. The Kier molecular flexibility index (Phi) is 6.06. The molecule has 1 unspecified atom stereocenters. The average molecular weight is 397 g/mol. The van der Waals surface area contributed by atoms with Gasteiger partial charge in [-0.15, -0.1) is 5.10 Å². The fraction of sp³-hybridized carbons (Fsp3) is 0.350. The van der Waals surface area contributed by atoms with Gasteiger partial charge in [0.05, 0.1) is 13.2 Å². The van der Waals surface area contributed by atoms with Gasteiger partial charge in [0.15, 0.2) is 12.4 Å². The van der Waals surface area contributed by atoms with Crippen LogP contribution >= 0.6 is 0 Å². The molecule has 0 aliphatic heterocycles. The summed E-state index contributed by atoms with van der Waals surface area (Å²) in [5, 5.41) is 7.04. The van der Waals surface area contributed by atoms with Crippen LogP contribution in [0, 0.1) is 13.8 Å². The van der Waals surface area contributed by atoms with E-state index in [1.165, 1.54) is 0 Å². The maximum atomic E-state index is 12.1. The van der Waals surface area contributed by atoms with Crippen molar-refractivity contribution >= 4 is 17.7 Å². The first kappa shape index (κ1) is 20.2. The molecule has 152 valence electrons. The second-order valence-electron chi connectivity index (χ2n) is 6.65. The van der Waals surface area contributed by atoms with E-state index in [4.69, 9.17) is 9.47 Å². The van der Waals surface area contributed by atoms with Crippen molar-refractivity contribution in [1.82, 2.24) is 24.9 Å². The number of benzene rings is 1. The van der Waals surface area contributed by atoms with Crippen molar-refractivity contribution < 1.29 is 19.1 Å². The van der Waals surface area contributed by atoms with Crippen molar-refractivity contribution in [2.45, 2.75) is 33.2 Å². The largest absolute Gasteiger partial charge is 0.496 e. The first-order valence-electron chi connectivity index (χ1n) is 9.15. The Bertz CT molecular complexity index is 1050. The number of para-hydroxylation sites is 1. The number of amides is 1. The zero-order chi connectivity index (χ0) is 21.0. The SMILES string of the molecule is COc1ccccc1C(C)NC(=O)COC(=O)Cc1nc2nc(C)cc(C)n2n1. The van der Waals surface area contributed by atoms with Gasteiger partial charge < -0.3 is 14.8 Å². The van der Waals surface area contributed by atoms with Gasteiger partial charge in [-0.3, -0.25) is 9.59 Å². The van der Waals surface area contributed by atoms with Gasteiger partial charge >= 0.3 is 5.97 Å². The number of hydrogen-bond donors (Lipinski definition) is 1. The molecule has 2 heterocycles. The number of ether oxygens (including phenoxy) is 2. The number of fused-ring (bicyclic) bond motifs is 1. The molecular formula is C20H23N5O4. The van der Waals surface area contributed by atoms with Crippen molar-refractivity contribution in [2.75, 3.05) is 13.7 Å². The summed E-state index contributed by atoms with van der Waals surface area (Å²) in [6.07, 6.45) is -0.142. The maximum absolute atomic E-state index is 12.1. The predicted octanol–water partition coefficient (Wildman–Crippen LogP) is 1.71. The van der Waals surface area contributed by atoms with E-state index in [0.29, 0.717) is 17.4 Å². The lowest BCUT2D eigenvalue weighted by Gasteiger charge is -2.17. The number of rotatable bonds is 7. The molecule has 0 bridgehead atoms. The molecule has 0 saturated heterocycles. The van der Waals surface area contributed by atoms with E-state index in [1.54, 1.807) is 11.6 Å². The van der Waals surface area contributed by atoms with Gasteiger partial charge in [-0.1, -0.05) is 18.2 Å². The van der Waals surface area contributed by atoms with Crippen LogP contribution in [0.5, 0.6) is 5.75 Å². The number of nitrogens with one attached hydrogen (secondary N) is 1. The van der Waals surface area contributed by atoms with Crippen LogP contribution < -0.4 is 10.1 Å². The number of methoxy groups -OCH3 is 1. The molecular weight excluding hydrogens is 374 g/mol. The molecule has 1 amide bonds. The van der Waals surface area contributed by atoms with E-state index in [0.717, 1.165) is 17.0 Å². The van der Waals surface area contributed by atoms with E-state index in [-0.39, 0.29) is 19.1 Å². The van der Waals surface area contributed by atoms with Crippen LogP contribution in [0.3, 0.4) is 0 Å². The first-order chi connectivity index (χ1) is 13.9. The summed E-state index contributed by atoms with van der Waals surface area (Å²) in [7, 11) is 1.57. The van der Waals surface area contributed by atoms with Crippen LogP contribution in [-0.2, 0) is 20.7 Å². The molecule has 0 saturated carbocycles. The van der Waals surface area contributed by atoms with Crippen molar-refractivity contribution in [3.05, 3.63) is 53.1 Å². The van der Waals surface area contributed by atoms with Gasteiger partial charge in [0.25, 0.3) is 11.7 Å². The molecule has 1 N–H and O–H groups in total. The third-order valence-corrected chi connectivity index (χ3v) is 4.31. The number of carbonyl (C=O) groups excluding carboxylic acids is 2. The van der Waals surface area contributed by atoms with Gasteiger partial charge in [0.1, 0.15) is 12.2 Å². The molecule has 0 aliphatic rings. The van der Waals surface area contributed by atoms with Crippen molar-refractivity contribution in [2.24, 2.45) is 0 Å². The molecule has 2 aromatic heterocycles. The van der Waals surface area contributed by atoms with Gasteiger partial charge in [-0.25, -0.2) is 9.50 Å². The normalized spacial score (nSPS) is 11.9. The van der Waals surface area contributed by atoms with Crippen molar-refractivity contribution in [3.63, 3.8) is 0 Å². The molecule has 9 heteroatoms. The number of aryl methyl sites for hydroxylation is 2. The first-order valence-corrected chi connectivity index (χ1v) is 9.15. The fourth-order valence-corrected chi connectivity index (χ4v) is 2.99. The lowest BCUT2D eigenvalue weighted by molar-refractivity contribution is -0.148. The maximum Gasteiger partial charge on any atom is 0.314 e. The smallest absolute Gasteiger partial charge is 0.314 e. The Balaban J connectivity index is 1.54. The summed E-state index contributed by atoms with van der Waals surface area (Å²) in [6.45, 7) is 5.18. The predicted molar refractivity (Wildman–Crippen MR) is 104 cm³/mol. The summed E-state index contributed by atoms with van der Waals surface area (Å²) < 4.78 is 11.9. The molecule has 1 aromatic carbocycles. The molecule has 0 radical (unpaired) electrons. The topological polar surface area (TPSA) is 108 Å². The third-order valence-electron chi connectivity index (χ3n) is 4.31. The lowest BCUT2D eigenvalue weighted by atomic mass is 10.1. The third kappa shape index (κ3) is 4.87. The highest BCUT2D eigenvalue weighted by Gasteiger charge is 2.17. The van der Waals surface area contributed by atoms with Crippen molar-refractivity contribution in [3.8, 4) is 5.75 Å². The highest BCUT2D eigenvalue weighted by molar-refractivity contribution is 5.81. The Labute approximate surface area is 168 Å². The molecule has 1 atom stereocenters. The molecule has 3 aromatic rings. The zero-order valence-electron chi connectivity index (χ0n) is 16.8. The highest BCUT2D eigenvalue weighted by atomic mass is 16.5. The number of aromatic nitrogens is 4. The summed E-state index contributed by atoms with van der Waals surface area (Å²) in [4.78, 5) is 32.7. The van der Waals surface area contributed by atoms with E-state index in [9.17, 15) is 9.59 Å². The molecule has 29 heavy (non-hydrogen) atoms. The van der Waals surface area contributed by atoms with E-state index in [1.807, 2.05) is 51.1 Å². The van der Waals surface area contributed by atoms with Crippen LogP contribution in [-0.4, -0.2) is 45.2 Å². The summed E-state index contributed by atoms with van der Waals surface area (Å²) in [5.41, 5.74) is 2.52.